The molecule has 5 N–H and O–H groups in total. The van der Waals surface area contributed by atoms with Gasteiger partial charge in [0, 0.05) is 37.1 Å². The molecule has 10 saturated heterocycles. The summed E-state index contributed by atoms with van der Waals surface area (Å²) in [5.74, 6) is 1.07. The van der Waals surface area contributed by atoms with E-state index in [9.17, 15) is 27.0 Å². The minimum Gasteiger partial charge on any atom is -0.394 e. The molecular formula is C76H127ClO25S2. The Morgan fingerprint density at radius 2 is 0.663 bits per heavy atom. The molecule has 0 radical (unpaired) electrons. The Bertz CT molecular complexity index is 2910. The van der Waals surface area contributed by atoms with Crippen LogP contribution in [0, 0.1) is 31.6 Å². The van der Waals surface area contributed by atoms with E-state index in [0.717, 1.165) is 127 Å². The van der Waals surface area contributed by atoms with E-state index in [1.54, 1.807) is 31.2 Å². The molecule has 10 aliphatic heterocycles. The smallest absolute Gasteiger partial charge is 0.297 e. The van der Waals surface area contributed by atoms with E-state index in [0.29, 0.717) is 64.7 Å². The van der Waals surface area contributed by atoms with Gasteiger partial charge in [-0.25, -0.2) is 8.42 Å². The second kappa shape index (κ2) is 41.9. The third-order valence-corrected chi connectivity index (χ3v) is 24.4. The summed E-state index contributed by atoms with van der Waals surface area (Å²) in [5.41, 5.74) is -0.259. The number of fused-ring (bicyclic) bond motifs is 9. The van der Waals surface area contributed by atoms with Crippen molar-refractivity contribution in [1.29, 1.82) is 0 Å². The van der Waals surface area contributed by atoms with Crippen LogP contribution < -0.4 is 0 Å². The van der Waals surface area contributed by atoms with Crippen molar-refractivity contribution in [3.63, 3.8) is 0 Å². The molecule has 13 aliphatic rings. The summed E-state index contributed by atoms with van der Waals surface area (Å²) in [4.78, 5) is 0.307. The monoisotopic (exact) mass is 1540 g/mol. The quantitative estimate of drug-likeness (QED) is 0.0332. The second-order valence-electron chi connectivity index (χ2n) is 30.8. The van der Waals surface area contributed by atoms with Gasteiger partial charge in [0.25, 0.3) is 19.2 Å². The first-order valence-electron chi connectivity index (χ1n) is 37.9. The van der Waals surface area contributed by atoms with Crippen molar-refractivity contribution in [2.45, 2.75) is 297 Å². The Kier molecular flexibility index (Phi) is 35.8. The summed E-state index contributed by atoms with van der Waals surface area (Å²) in [5, 5.41) is 45.8. The number of aryl methyl sites for hydroxylation is 2. The molecule has 25 nitrogen and oxygen atoms in total. The van der Waals surface area contributed by atoms with Crippen LogP contribution in [0.4, 0.5) is 0 Å². The Hall–Kier alpha value is -2.21. The second-order valence-corrected chi connectivity index (χ2v) is 35.0. The highest BCUT2D eigenvalue weighted by Gasteiger charge is 2.62. The van der Waals surface area contributed by atoms with Crippen LogP contribution in [0.1, 0.15) is 189 Å². The number of ether oxygens (including phenoxy) is 15. The van der Waals surface area contributed by atoms with Crippen LogP contribution in [-0.2, 0) is 94.4 Å². The maximum atomic E-state index is 11.9. The number of hydrogen-bond donors (Lipinski definition) is 5. The first-order valence-corrected chi connectivity index (χ1v) is 41.7. The number of benzene rings is 2. The largest absolute Gasteiger partial charge is 0.394 e. The van der Waals surface area contributed by atoms with Gasteiger partial charge >= 0.3 is 0 Å². The molecule has 6 bridgehead atoms. The predicted molar refractivity (Wildman–Crippen MR) is 388 cm³/mol. The molecule has 10 unspecified atom stereocenters. The van der Waals surface area contributed by atoms with Gasteiger partial charge in [0.15, 0.2) is 25.2 Å². The zero-order chi connectivity index (χ0) is 75.8. The highest BCUT2D eigenvalue weighted by molar-refractivity contribution is 8.13. The molecule has 600 valence electrons. The molecule has 0 spiro atoms. The molecule has 10 heterocycles. The highest BCUT2D eigenvalue weighted by Crippen LogP contribution is 2.54. The van der Waals surface area contributed by atoms with Crippen molar-refractivity contribution in [2.75, 3.05) is 106 Å². The highest BCUT2D eigenvalue weighted by atomic mass is 35.7. The lowest BCUT2D eigenvalue weighted by molar-refractivity contribution is -0.328. The summed E-state index contributed by atoms with van der Waals surface area (Å²) in [6, 6.07) is 12.9. The fourth-order valence-electron chi connectivity index (χ4n) is 15.4. The summed E-state index contributed by atoms with van der Waals surface area (Å²) in [6.45, 7) is 29.1. The van der Waals surface area contributed by atoms with Gasteiger partial charge in [0.2, 0.25) is 0 Å². The summed E-state index contributed by atoms with van der Waals surface area (Å²) >= 11 is 0. The minimum absolute atomic E-state index is 0.00254. The van der Waals surface area contributed by atoms with Gasteiger partial charge in [-0.2, -0.15) is 8.42 Å². The number of halogens is 1. The zero-order valence-electron chi connectivity index (χ0n) is 63.8. The first-order chi connectivity index (χ1) is 49.3. The summed E-state index contributed by atoms with van der Waals surface area (Å²) in [7, 11) is -2.17. The Morgan fingerprint density at radius 1 is 0.385 bits per heavy atom. The molecule has 13 fully saturated rings. The molecule has 0 aromatic heterocycles. The molecule has 15 rings (SSSR count). The van der Waals surface area contributed by atoms with Gasteiger partial charge < -0.3 is 96.6 Å². The van der Waals surface area contributed by atoms with Crippen LogP contribution in [-0.4, -0.2) is 243 Å². The Morgan fingerprint density at radius 3 is 0.971 bits per heavy atom. The molecule has 28 heteroatoms. The molecule has 10 atom stereocenters. The Balaban J connectivity index is 0.000000183. The number of aliphatic hydroxyl groups excluding tert-OH is 5. The van der Waals surface area contributed by atoms with E-state index in [2.05, 4.69) is 34.6 Å². The van der Waals surface area contributed by atoms with Crippen LogP contribution in [0.2, 0.25) is 0 Å². The number of aliphatic hydroxyl groups is 5. The zero-order valence-corrected chi connectivity index (χ0v) is 66.2. The molecular weight excluding hydrogens is 1410 g/mol. The van der Waals surface area contributed by atoms with Gasteiger partial charge in [-0.1, -0.05) is 35.4 Å². The van der Waals surface area contributed by atoms with E-state index in [4.69, 9.17) is 101 Å². The fourth-order valence-corrected chi connectivity index (χ4v) is 17.0. The van der Waals surface area contributed by atoms with E-state index in [1.165, 1.54) is 43.5 Å². The van der Waals surface area contributed by atoms with Gasteiger partial charge in [-0.15, -0.1) is 0 Å². The van der Waals surface area contributed by atoms with Crippen LogP contribution in [0.3, 0.4) is 0 Å². The maximum Gasteiger partial charge on any atom is 0.297 e. The summed E-state index contributed by atoms with van der Waals surface area (Å²) in [6.07, 6.45) is 16.6. The van der Waals surface area contributed by atoms with Gasteiger partial charge in [-0.05, 0) is 234 Å². The van der Waals surface area contributed by atoms with Crippen LogP contribution in [0.15, 0.2) is 58.3 Å². The summed E-state index contributed by atoms with van der Waals surface area (Å²) < 4.78 is 137. The third-order valence-electron chi connectivity index (χ3n) is 21.7. The van der Waals surface area contributed by atoms with Gasteiger partial charge in [-0.3, -0.25) is 4.18 Å². The van der Waals surface area contributed by atoms with Gasteiger partial charge in [0.1, 0.15) is 16.8 Å². The van der Waals surface area contributed by atoms with Crippen molar-refractivity contribution in [1.82, 2.24) is 0 Å². The standard InChI is InChI=1S/C24H42O7.C14H20O5S.C14H26O5.C10H18O3.C7H7ClO2S.C7H14O3/c1-23(2)18-16-19(25-12-14-29-21-8-4-6-10-27-21)24(3,31-23)20(17-18)26-13-15-30-22-9-5-7-11-28-22;1-12-5-7-13(8-6-12)20(15,16)19-11-10-18-14-4-2-3-9-17-14;1-13(2)10-8-11(17-6-4-15)14(3,19-13)12(9-10)18-7-5-16;1-9(2)6-4-7(11)10(3,13-9)8(12)5-6;1-6-2-4-7(5-3-6)11(8,9)10;8-4-6-10-7-3-1-2-5-9-7/h18-22H,4-17H2,1-3H3;5-8,14H,2-4,9-11H2,1H3;10-12,15-16H,4-9H2,1-3H3;6-8,11-12H,4-5H2,1-3H3;2-5H,1H3;7-8H,1-6H2. The van der Waals surface area contributed by atoms with Crippen molar-refractivity contribution in [3.8, 4) is 0 Å². The van der Waals surface area contributed by atoms with Crippen molar-refractivity contribution in [2.24, 2.45) is 17.8 Å². The molecule has 3 saturated carbocycles. The molecule has 3 aliphatic carbocycles. The lowest BCUT2D eigenvalue weighted by Gasteiger charge is -2.60. The Labute approximate surface area is 624 Å². The number of rotatable bonds is 26. The van der Waals surface area contributed by atoms with Crippen molar-refractivity contribution < 1.29 is 118 Å². The molecule has 2 aromatic carbocycles. The fraction of sp³-hybridized carbons (Fsp3) is 0.842. The molecule has 104 heavy (non-hydrogen) atoms. The van der Waals surface area contributed by atoms with Gasteiger partial charge in [0.05, 0.1) is 143 Å². The van der Waals surface area contributed by atoms with Crippen LogP contribution >= 0.6 is 10.7 Å². The third kappa shape index (κ3) is 26.5. The first kappa shape index (κ1) is 89.0. The van der Waals surface area contributed by atoms with E-state index < -0.39 is 48.2 Å². The lowest BCUT2D eigenvalue weighted by atomic mass is 9.65. The average Bonchev–Trinajstić information content (AvgIpc) is 0.742. The van der Waals surface area contributed by atoms with Crippen LogP contribution in [0.25, 0.3) is 0 Å². The van der Waals surface area contributed by atoms with E-state index >= 15 is 0 Å². The average molecular weight is 1540 g/mol. The maximum absolute atomic E-state index is 11.9. The normalized spacial score (nSPS) is 33.7. The van der Waals surface area contributed by atoms with Crippen molar-refractivity contribution in [3.05, 3.63) is 59.7 Å². The number of hydrogen-bond acceptors (Lipinski definition) is 25. The minimum atomic E-state index is -3.70. The van der Waals surface area contributed by atoms with Crippen molar-refractivity contribution >= 4 is 29.9 Å². The van der Waals surface area contributed by atoms with Crippen LogP contribution in [0.5, 0.6) is 0 Å². The van der Waals surface area contributed by atoms with E-state index in [1.807, 2.05) is 34.6 Å². The van der Waals surface area contributed by atoms with E-state index in [-0.39, 0.29) is 115 Å². The molecule has 0 amide bonds. The lowest BCUT2D eigenvalue weighted by Crippen LogP contribution is -2.69. The molecule has 2 aromatic rings. The topological polar surface area (TPSA) is 317 Å². The predicted octanol–water partition coefficient (Wildman–Crippen LogP) is 9.91. The SMILES string of the molecule is CC1(C)OC2(C)C(O)CC1CC2O.CC1(C)OC2(C)C(OCCO)CC1CC2OCCO.CC1(C)OC2(C)C(OCCOC3CCCCO3)CC1CC2OCCOC1CCCCO1.Cc1ccc(S(=O)(=O)Cl)cc1.Cc1ccc(S(=O)(=O)OCCOC2CCCCO2)cc1.OCCOC1CCCCO1.